The molecule has 2 aromatic heterocycles. The van der Waals surface area contributed by atoms with Crippen LogP contribution in [-0.2, 0) is 7.05 Å². The Balaban J connectivity index is 2.09. The van der Waals surface area contributed by atoms with Gasteiger partial charge in [-0.05, 0) is 23.8 Å². The molecular formula is C18H19ClN4O2. The summed E-state index contributed by atoms with van der Waals surface area (Å²) in [6, 6.07) is 7.31. The minimum atomic E-state index is -0.246. The van der Waals surface area contributed by atoms with Gasteiger partial charge in [-0.2, -0.15) is 0 Å². The third-order valence-electron chi connectivity index (χ3n) is 3.90. The third-order valence-corrected chi connectivity index (χ3v) is 4.20. The van der Waals surface area contributed by atoms with Crippen molar-refractivity contribution in [2.45, 2.75) is 6.04 Å². The molecule has 1 atom stereocenters. The van der Waals surface area contributed by atoms with Crippen LogP contribution in [0, 0.1) is 0 Å². The second-order valence-corrected chi connectivity index (χ2v) is 5.88. The number of ether oxygens (including phenoxy) is 2. The van der Waals surface area contributed by atoms with Crippen molar-refractivity contribution in [2.75, 3.05) is 19.5 Å². The zero-order valence-electron chi connectivity index (χ0n) is 14.2. The molecule has 0 amide bonds. The molecule has 2 heterocycles. The van der Waals surface area contributed by atoms with Crippen molar-refractivity contribution in [3.05, 3.63) is 65.5 Å². The van der Waals surface area contributed by atoms with Crippen LogP contribution in [0.2, 0.25) is 5.02 Å². The fourth-order valence-electron chi connectivity index (χ4n) is 2.60. The molecule has 3 rings (SSSR count). The number of hydrogen-bond donors (Lipinski definition) is 1. The van der Waals surface area contributed by atoms with E-state index in [1.807, 2.05) is 42.1 Å². The summed E-state index contributed by atoms with van der Waals surface area (Å²) in [5, 5.41) is 3.98. The molecule has 0 saturated carbocycles. The van der Waals surface area contributed by atoms with Crippen LogP contribution in [0.4, 0.5) is 5.69 Å². The number of pyridine rings is 1. The summed E-state index contributed by atoms with van der Waals surface area (Å²) in [4.78, 5) is 8.52. The number of aryl methyl sites for hydroxylation is 1. The van der Waals surface area contributed by atoms with E-state index in [9.17, 15) is 0 Å². The molecule has 7 heteroatoms. The number of halogens is 1. The van der Waals surface area contributed by atoms with Crippen molar-refractivity contribution < 1.29 is 9.47 Å². The smallest absolute Gasteiger partial charge is 0.135 e. The Morgan fingerprint density at radius 2 is 1.84 bits per heavy atom. The van der Waals surface area contributed by atoms with E-state index < -0.39 is 0 Å². The summed E-state index contributed by atoms with van der Waals surface area (Å²) in [7, 11) is 5.20. The number of nitrogens with one attached hydrogen (secondary N) is 1. The van der Waals surface area contributed by atoms with E-state index in [0.29, 0.717) is 16.5 Å². The van der Waals surface area contributed by atoms with Crippen LogP contribution >= 0.6 is 11.6 Å². The first-order chi connectivity index (χ1) is 12.1. The normalized spacial score (nSPS) is 11.8. The first-order valence-corrected chi connectivity index (χ1v) is 8.06. The Bertz CT molecular complexity index is 844. The number of nitrogens with zero attached hydrogens (tertiary/aromatic N) is 3. The first-order valence-electron chi connectivity index (χ1n) is 7.68. The van der Waals surface area contributed by atoms with Gasteiger partial charge in [0.25, 0.3) is 0 Å². The Hall–Kier alpha value is -2.73. The fourth-order valence-corrected chi connectivity index (χ4v) is 2.77. The van der Waals surface area contributed by atoms with Crippen LogP contribution in [-0.4, -0.2) is 28.8 Å². The molecule has 0 aliphatic carbocycles. The summed E-state index contributed by atoms with van der Waals surface area (Å²) in [5.41, 5.74) is 1.71. The van der Waals surface area contributed by atoms with Gasteiger partial charge >= 0.3 is 0 Å². The molecule has 3 aromatic rings. The highest BCUT2D eigenvalue weighted by molar-refractivity contribution is 6.33. The van der Waals surface area contributed by atoms with Crippen LogP contribution in [0.25, 0.3) is 0 Å². The average Bonchev–Trinajstić information content (AvgIpc) is 3.06. The predicted octanol–water partition coefficient (Wildman–Crippen LogP) is 3.69. The van der Waals surface area contributed by atoms with Gasteiger partial charge in [-0.3, -0.25) is 4.98 Å². The fraction of sp³-hybridized carbons (Fsp3) is 0.222. The largest absolute Gasteiger partial charge is 0.497 e. The first kappa shape index (κ1) is 17.1. The minimum Gasteiger partial charge on any atom is -0.497 e. The zero-order valence-corrected chi connectivity index (χ0v) is 15.0. The van der Waals surface area contributed by atoms with Crippen LogP contribution in [0.3, 0.4) is 0 Å². The van der Waals surface area contributed by atoms with Crippen molar-refractivity contribution >= 4 is 17.3 Å². The maximum atomic E-state index is 6.27. The number of aromatic nitrogens is 3. The summed E-state index contributed by atoms with van der Waals surface area (Å²) in [6.07, 6.45) is 6.95. The lowest BCUT2D eigenvalue weighted by Crippen LogP contribution is -2.17. The van der Waals surface area contributed by atoms with Crippen molar-refractivity contribution in [3.8, 4) is 11.5 Å². The van der Waals surface area contributed by atoms with Crippen LogP contribution in [0.15, 0.2) is 49.1 Å². The number of benzene rings is 1. The van der Waals surface area contributed by atoms with Crippen molar-refractivity contribution in [1.29, 1.82) is 0 Å². The molecule has 0 aliphatic rings. The third kappa shape index (κ3) is 3.69. The molecule has 1 unspecified atom stereocenters. The highest BCUT2D eigenvalue weighted by atomic mass is 35.5. The number of imidazole rings is 1. The number of hydrogen-bond acceptors (Lipinski definition) is 5. The van der Waals surface area contributed by atoms with E-state index in [1.54, 1.807) is 32.8 Å². The lowest BCUT2D eigenvalue weighted by atomic mass is 10.0. The van der Waals surface area contributed by atoms with Gasteiger partial charge in [-0.25, -0.2) is 4.98 Å². The van der Waals surface area contributed by atoms with E-state index in [-0.39, 0.29) is 6.04 Å². The molecule has 0 radical (unpaired) electrons. The topological polar surface area (TPSA) is 61.2 Å². The highest BCUT2D eigenvalue weighted by Gasteiger charge is 2.21. The molecule has 0 spiro atoms. The maximum Gasteiger partial charge on any atom is 0.135 e. The van der Waals surface area contributed by atoms with Gasteiger partial charge < -0.3 is 19.4 Å². The maximum absolute atomic E-state index is 6.27. The summed E-state index contributed by atoms with van der Waals surface area (Å²) in [5.74, 6) is 2.25. The van der Waals surface area contributed by atoms with Gasteiger partial charge in [0.1, 0.15) is 23.4 Å². The van der Waals surface area contributed by atoms with E-state index in [2.05, 4.69) is 15.3 Å². The van der Waals surface area contributed by atoms with Crippen LogP contribution in [0.5, 0.6) is 11.5 Å². The van der Waals surface area contributed by atoms with Crippen LogP contribution < -0.4 is 14.8 Å². The summed E-state index contributed by atoms with van der Waals surface area (Å²) in [6.45, 7) is 0. The quantitative estimate of drug-likeness (QED) is 0.728. The molecule has 130 valence electrons. The molecule has 1 N–H and O–H groups in total. The summed E-state index contributed by atoms with van der Waals surface area (Å²) >= 11 is 6.27. The standard InChI is InChI=1S/C18H19ClN4O2/c1-23-7-6-21-18(23)17(22-16-4-5-20-11-15(16)19)12-8-13(24-2)10-14(9-12)25-3/h4-11,17H,1-3H3,(H,20,22). The molecule has 25 heavy (non-hydrogen) atoms. The Morgan fingerprint density at radius 1 is 1.12 bits per heavy atom. The average molecular weight is 359 g/mol. The van der Waals surface area contributed by atoms with Gasteiger partial charge in [-0.1, -0.05) is 11.6 Å². The van der Waals surface area contributed by atoms with Crippen molar-refractivity contribution in [2.24, 2.45) is 7.05 Å². The number of anilines is 1. The molecule has 6 nitrogen and oxygen atoms in total. The van der Waals surface area contributed by atoms with Crippen molar-refractivity contribution in [3.63, 3.8) is 0 Å². The van der Waals surface area contributed by atoms with E-state index in [0.717, 1.165) is 17.1 Å². The van der Waals surface area contributed by atoms with Crippen molar-refractivity contribution in [1.82, 2.24) is 14.5 Å². The van der Waals surface area contributed by atoms with E-state index >= 15 is 0 Å². The molecule has 0 saturated heterocycles. The van der Waals surface area contributed by atoms with Crippen LogP contribution in [0.1, 0.15) is 17.4 Å². The monoisotopic (exact) mass is 358 g/mol. The Kier molecular flexibility index (Phi) is 5.09. The highest BCUT2D eigenvalue weighted by Crippen LogP contribution is 2.33. The molecule has 1 aromatic carbocycles. The number of methoxy groups -OCH3 is 2. The van der Waals surface area contributed by atoms with Gasteiger partial charge in [0, 0.05) is 37.9 Å². The van der Waals surface area contributed by atoms with E-state index in [1.165, 1.54) is 0 Å². The van der Waals surface area contributed by atoms with Gasteiger partial charge in [0.05, 0.1) is 24.9 Å². The minimum absolute atomic E-state index is 0.246. The Morgan fingerprint density at radius 3 is 2.40 bits per heavy atom. The zero-order chi connectivity index (χ0) is 17.8. The SMILES string of the molecule is COc1cc(OC)cc(C(Nc2ccncc2Cl)c2nccn2C)c1. The summed E-state index contributed by atoms with van der Waals surface area (Å²) < 4.78 is 12.8. The molecule has 0 fully saturated rings. The Labute approximate surface area is 151 Å². The van der Waals surface area contributed by atoms with Gasteiger partial charge in [0.15, 0.2) is 0 Å². The van der Waals surface area contributed by atoms with Gasteiger partial charge in [0.2, 0.25) is 0 Å². The predicted molar refractivity (Wildman–Crippen MR) is 97.5 cm³/mol. The molecular weight excluding hydrogens is 340 g/mol. The lowest BCUT2D eigenvalue weighted by molar-refractivity contribution is 0.393. The second-order valence-electron chi connectivity index (χ2n) is 5.48. The molecule has 0 aliphatic heterocycles. The second kappa shape index (κ2) is 7.44. The van der Waals surface area contributed by atoms with Gasteiger partial charge in [-0.15, -0.1) is 0 Å². The lowest BCUT2D eigenvalue weighted by Gasteiger charge is -2.22. The number of rotatable bonds is 6. The molecule has 0 bridgehead atoms. The van der Waals surface area contributed by atoms with E-state index in [4.69, 9.17) is 21.1 Å².